The molecular weight excluding hydrogens is 314 g/mol. The lowest BCUT2D eigenvalue weighted by Crippen LogP contribution is -2.27. The molecule has 24 heavy (non-hydrogen) atoms. The van der Waals surface area contributed by atoms with Gasteiger partial charge in [0, 0.05) is 0 Å². The number of carbonyl (C=O) groups is 3. The molecule has 1 rings (SSSR count). The molecule has 1 fully saturated rings. The number of carbonyl (C=O) groups excluding carboxylic acids is 1. The third-order valence-corrected chi connectivity index (χ3v) is 4.12. The van der Waals surface area contributed by atoms with Crippen LogP contribution < -0.4 is 5.73 Å². The summed E-state index contributed by atoms with van der Waals surface area (Å²) in [6, 6.07) is 0. The Bertz CT molecular complexity index is 407. The number of rotatable bonds is 5. The molecule has 1 aliphatic rings. The lowest BCUT2D eigenvalue weighted by Gasteiger charge is -2.28. The Kier molecular flexibility index (Phi) is 9.40. The maximum Gasteiger partial charge on any atom is 0.405 e. The van der Waals surface area contributed by atoms with E-state index in [1.165, 1.54) is 6.42 Å². The molecule has 0 aromatic rings. The Labute approximate surface area is 143 Å². The first-order valence-corrected chi connectivity index (χ1v) is 8.40. The lowest BCUT2D eigenvalue weighted by atomic mass is 9.77. The molecule has 0 aromatic carbocycles. The zero-order valence-electron chi connectivity index (χ0n) is 15.1. The summed E-state index contributed by atoms with van der Waals surface area (Å²) >= 11 is 0. The van der Waals surface area contributed by atoms with E-state index < -0.39 is 29.6 Å². The van der Waals surface area contributed by atoms with E-state index in [0.717, 1.165) is 31.6 Å². The van der Waals surface area contributed by atoms with Crippen molar-refractivity contribution in [3.8, 4) is 0 Å². The normalized spacial score (nSPS) is 20.7. The van der Waals surface area contributed by atoms with Gasteiger partial charge in [0.15, 0.2) is 5.92 Å². The second-order valence-corrected chi connectivity index (χ2v) is 7.29. The van der Waals surface area contributed by atoms with Crippen LogP contribution in [-0.4, -0.2) is 33.8 Å². The molecule has 1 aliphatic carbocycles. The van der Waals surface area contributed by atoms with E-state index in [1.807, 2.05) is 0 Å². The molecule has 0 bridgehead atoms. The zero-order valence-corrected chi connectivity index (χ0v) is 15.1. The standard InChI is InChI=1S/C12H20O4.C5H11NO2/c1-2-8-3-5-9(6-4-8)7-10(11(13)14)12(15)16;1-5(2,3)8-4(6)7/h8-10H,2-7H2,1H3,(H,13,14)(H,15,16);1-3H3,(H2,6,7). The number of hydrogen-bond acceptors (Lipinski definition) is 4. The van der Waals surface area contributed by atoms with Crippen LogP contribution in [0.4, 0.5) is 4.79 Å². The highest BCUT2D eigenvalue weighted by Gasteiger charge is 2.31. The van der Waals surface area contributed by atoms with E-state index in [1.54, 1.807) is 20.8 Å². The number of ether oxygens (including phenoxy) is 1. The number of amides is 1. The average Bonchev–Trinajstić information content (AvgIpc) is 2.42. The molecule has 0 atom stereocenters. The quantitative estimate of drug-likeness (QED) is 0.656. The maximum absolute atomic E-state index is 10.8. The topological polar surface area (TPSA) is 127 Å². The summed E-state index contributed by atoms with van der Waals surface area (Å²) in [4.78, 5) is 31.5. The molecule has 0 unspecified atom stereocenters. The number of nitrogens with two attached hydrogens (primary N) is 1. The summed E-state index contributed by atoms with van der Waals surface area (Å²) in [5.41, 5.74) is 4.26. The van der Waals surface area contributed by atoms with Crippen LogP contribution in [0, 0.1) is 17.8 Å². The van der Waals surface area contributed by atoms with Crippen molar-refractivity contribution in [1.82, 2.24) is 0 Å². The van der Waals surface area contributed by atoms with Gasteiger partial charge < -0.3 is 20.7 Å². The van der Waals surface area contributed by atoms with Gasteiger partial charge in [0.1, 0.15) is 5.60 Å². The highest BCUT2D eigenvalue weighted by Crippen LogP contribution is 2.34. The van der Waals surface area contributed by atoms with E-state index in [9.17, 15) is 14.4 Å². The third-order valence-electron chi connectivity index (χ3n) is 4.12. The SMILES string of the molecule is CC(C)(C)OC(N)=O.CCC1CCC(CC(C(=O)O)C(=O)O)CC1. The highest BCUT2D eigenvalue weighted by molar-refractivity contribution is 5.92. The first-order chi connectivity index (χ1) is 11.0. The molecule has 1 amide bonds. The van der Waals surface area contributed by atoms with Crippen molar-refractivity contribution in [1.29, 1.82) is 0 Å². The van der Waals surface area contributed by atoms with Crippen LogP contribution in [0.5, 0.6) is 0 Å². The minimum absolute atomic E-state index is 0.278. The van der Waals surface area contributed by atoms with Crippen molar-refractivity contribution in [3.63, 3.8) is 0 Å². The molecule has 0 aromatic heterocycles. The summed E-state index contributed by atoms with van der Waals surface area (Å²) in [6.45, 7) is 7.45. The van der Waals surface area contributed by atoms with Gasteiger partial charge in [-0.2, -0.15) is 0 Å². The van der Waals surface area contributed by atoms with E-state index in [2.05, 4.69) is 11.7 Å². The van der Waals surface area contributed by atoms with E-state index in [-0.39, 0.29) is 5.92 Å². The van der Waals surface area contributed by atoms with Crippen molar-refractivity contribution < 1.29 is 29.3 Å². The minimum Gasteiger partial charge on any atom is -0.481 e. The van der Waals surface area contributed by atoms with Crippen LogP contribution in [-0.2, 0) is 14.3 Å². The second kappa shape index (κ2) is 10.2. The highest BCUT2D eigenvalue weighted by atomic mass is 16.6. The Morgan fingerprint density at radius 2 is 1.46 bits per heavy atom. The largest absolute Gasteiger partial charge is 0.481 e. The monoisotopic (exact) mass is 345 g/mol. The summed E-state index contributed by atoms with van der Waals surface area (Å²) in [7, 11) is 0. The van der Waals surface area contributed by atoms with Crippen LogP contribution in [0.3, 0.4) is 0 Å². The van der Waals surface area contributed by atoms with Crippen LogP contribution in [0.15, 0.2) is 0 Å². The van der Waals surface area contributed by atoms with E-state index in [0.29, 0.717) is 6.42 Å². The summed E-state index contributed by atoms with van der Waals surface area (Å²) in [5, 5.41) is 17.6. The third kappa shape index (κ3) is 10.1. The molecule has 0 radical (unpaired) electrons. The smallest absolute Gasteiger partial charge is 0.405 e. The number of aliphatic carboxylic acids is 2. The fourth-order valence-corrected chi connectivity index (χ4v) is 2.82. The predicted molar refractivity (Wildman–Crippen MR) is 89.5 cm³/mol. The van der Waals surface area contributed by atoms with Crippen LogP contribution in [0.2, 0.25) is 0 Å². The van der Waals surface area contributed by atoms with Crippen LogP contribution >= 0.6 is 0 Å². The number of carboxylic acid groups (broad SMARTS) is 2. The minimum atomic E-state index is -1.22. The summed E-state index contributed by atoms with van der Waals surface area (Å²) in [6.07, 6.45) is 4.94. The van der Waals surface area contributed by atoms with Gasteiger partial charge in [0.25, 0.3) is 0 Å². The van der Waals surface area contributed by atoms with Crippen molar-refractivity contribution in [2.45, 2.75) is 71.8 Å². The fourth-order valence-electron chi connectivity index (χ4n) is 2.82. The average molecular weight is 345 g/mol. The van der Waals surface area contributed by atoms with Gasteiger partial charge in [-0.25, -0.2) is 4.79 Å². The lowest BCUT2D eigenvalue weighted by molar-refractivity contribution is -0.155. The first kappa shape index (κ1) is 22.2. The Morgan fingerprint density at radius 3 is 1.71 bits per heavy atom. The molecule has 7 heteroatoms. The van der Waals surface area contributed by atoms with E-state index >= 15 is 0 Å². The molecule has 140 valence electrons. The van der Waals surface area contributed by atoms with E-state index in [4.69, 9.17) is 15.9 Å². The molecule has 7 nitrogen and oxygen atoms in total. The molecule has 1 saturated carbocycles. The molecule has 0 spiro atoms. The van der Waals surface area contributed by atoms with Crippen molar-refractivity contribution >= 4 is 18.0 Å². The molecular formula is C17H31NO6. The first-order valence-electron chi connectivity index (χ1n) is 8.40. The molecule has 4 N–H and O–H groups in total. The van der Waals surface area contributed by atoms with Crippen molar-refractivity contribution in [3.05, 3.63) is 0 Å². The Balaban J connectivity index is 0.000000561. The molecule has 0 heterocycles. The van der Waals surface area contributed by atoms with Gasteiger partial charge in [-0.1, -0.05) is 39.0 Å². The Morgan fingerprint density at radius 1 is 1.04 bits per heavy atom. The van der Waals surface area contributed by atoms with Crippen molar-refractivity contribution in [2.24, 2.45) is 23.5 Å². The van der Waals surface area contributed by atoms with Crippen LogP contribution in [0.1, 0.15) is 66.2 Å². The van der Waals surface area contributed by atoms with Gasteiger partial charge in [-0.05, 0) is 39.0 Å². The van der Waals surface area contributed by atoms with Gasteiger partial charge in [0.2, 0.25) is 0 Å². The predicted octanol–water partition coefficient (Wildman–Crippen LogP) is 3.26. The van der Waals surface area contributed by atoms with Gasteiger partial charge in [0.05, 0.1) is 0 Å². The molecule has 0 aliphatic heterocycles. The summed E-state index contributed by atoms with van der Waals surface area (Å²) in [5.74, 6) is -2.59. The number of primary amides is 1. The number of carboxylic acids is 2. The van der Waals surface area contributed by atoms with Gasteiger partial charge in [-0.15, -0.1) is 0 Å². The zero-order chi connectivity index (χ0) is 18.9. The van der Waals surface area contributed by atoms with Gasteiger partial charge >= 0.3 is 18.0 Å². The van der Waals surface area contributed by atoms with Gasteiger partial charge in [-0.3, -0.25) is 9.59 Å². The molecule has 0 saturated heterocycles. The second-order valence-electron chi connectivity index (χ2n) is 7.29. The summed E-state index contributed by atoms with van der Waals surface area (Å²) < 4.78 is 4.58. The van der Waals surface area contributed by atoms with Crippen molar-refractivity contribution in [2.75, 3.05) is 0 Å². The number of hydrogen-bond donors (Lipinski definition) is 3. The fraction of sp³-hybridized carbons (Fsp3) is 0.824. The van der Waals surface area contributed by atoms with Crippen LogP contribution in [0.25, 0.3) is 0 Å². The Hall–Kier alpha value is -1.79. The maximum atomic E-state index is 10.8.